The maximum absolute atomic E-state index is 12.4. The first-order chi connectivity index (χ1) is 16.4. The van der Waals surface area contributed by atoms with E-state index < -0.39 is 5.91 Å². The minimum Gasteiger partial charge on any atom is -0.366 e. The second-order valence-corrected chi connectivity index (χ2v) is 9.14. The summed E-state index contributed by atoms with van der Waals surface area (Å²) < 4.78 is 0. The van der Waals surface area contributed by atoms with E-state index in [2.05, 4.69) is 72.7 Å². The van der Waals surface area contributed by atoms with Gasteiger partial charge in [0.25, 0.3) is 5.91 Å². The van der Waals surface area contributed by atoms with Crippen molar-refractivity contribution in [3.8, 4) is 22.5 Å². The lowest BCUT2D eigenvalue weighted by Crippen LogP contribution is -2.18. The molecule has 2 amide bonds. The number of para-hydroxylation sites is 1. The summed E-state index contributed by atoms with van der Waals surface area (Å²) in [6.45, 7) is 4.12. The number of hydrogen-bond acceptors (Lipinski definition) is 4. The van der Waals surface area contributed by atoms with E-state index in [-0.39, 0.29) is 12.3 Å². The number of primary amides is 1. The van der Waals surface area contributed by atoms with Crippen LogP contribution >= 0.6 is 11.8 Å². The molecular formula is C27H26N4O2S. The average molecular weight is 471 g/mol. The Morgan fingerprint density at radius 1 is 0.912 bits per heavy atom. The van der Waals surface area contributed by atoms with Crippen LogP contribution in [-0.2, 0) is 4.79 Å². The van der Waals surface area contributed by atoms with Crippen LogP contribution in [0.1, 0.15) is 27.9 Å². The van der Waals surface area contributed by atoms with Crippen molar-refractivity contribution in [2.75, 3.05) is 11.1 Å². The van der Waals surface area contributed by atoms with Gasteiger partial charge in [-0.3, -0.25) is 9.59 Å². The van der Waals surface area contributed by atoms with Crippen LogP contribution in [0, 0.1) is 13.8 Å². The molecule has 34 heavy (non-hydrogen) atoms. The average Bonchev–Trinajstić information content (AvgIpc) is 3.24. The molecule has 0 fully saturated rings. The molecule has 1 heterocycles. The van der Waals surface area contributed by atoms with Crippen LogP contribution in [0.5, 0.6) is 0 Å². The molecule has 4 N–H and O–H groups in total. The molecule has 0 radical (unpaired) electrons. The van der Waals surface area contributed by atoms with Crippen LogP contribution in [-0.4, -0.2) is 27.5 Å². The number of H-pyrrole nitrogens is 1. The molecular weight excluding hydrogens is 444 g/mol. The Bertz CT molecular complexity index is 1250. The number of imidazole rings is 1. The molecule has 0 saturated heterocycles. The van der Waals surface area contributed by atoms with Gasteiger partial charge in [-0.2, -0.15) is 0 Å². The third kappa shape index (κ3) is 5.55. The highest BCUT2D eigenvalue weighted by Gasteiger charge is 2.15. The topological polar surface area (TPSA) is 101 Å². The Balaban J connectivity index is 1.48. The number of aryl methyl sites for hydroxylation is 2. The number of thioether (sulfide) groups is 1. The number of nitrogens with zero attached hydrogens (tertiary/aromatic N) is 1. The number of nitrogens with two attached hydrogens (primary N) is 1. The number of nitrogens with one attached hydrogen (secondary N) is 2. The molecule has 0 spiro atoms. The summed E-state index contributed by atoms with van der Waals surface area (Å²) in [5, 5.41) is 3.52. The Kier molecular flexibility index (Phi) is 7.13. The molecule has 0 aliphatic rings. The predicted molar refractivity (Wildman–Crippen MR) is 138 cm³/mol. The maximum Gasteiger partial charge on any atom is 0.250 e. The Morgan fingerprint density at radius 2 is 1.53 bits per heavy atom. The molecule has 0 atom stereocenters. The Hall–Kier alpha value is -3.84. The van der Waals surface area contributed by atoms with E-state index >= 15 is 0 Å². The third-order valence-corrected chi connectivity index (χ3v) is 6.26. The van der Waals surface area contributed by atoms with Gasteiger partial charge in [-0.25, -0.2) is 4.98 Å². The zero-order valence-corrected chi connectivity index (χ0v) is 19.9. The summed E-state index contributed by atoms with van der Waals surface area (Å²) in [6, 6.07) is 23.3. The smallest absolute Gasteiger partial charge is 0.250 e. The van der Waals surface area contributed by atoms with Gasteiger partial charge in [-0.05, 0) is 26.0 Å². The molecule has 0 saturated carbocycles. The molecule has 0 aliphatic heterocycles. The monoisotopic (exact) mass is 470 g/mol. The van der Waals surface area contributed by atoms with Crippen molar-refractivity contribution in [2.45, 2.75) is 25.4 Å². The van der Waals surface area contributed by atoms with Crippen LogP contribution in [0.4, 0.5) is 5.69 Å². The first-order valence-corrected chi connectivity index (χ1v) is 11.9. The molecule has 0 unspecified atom stereocenters. The first-order valence-electron chi connectivity index (χ1n) is 11.0. The fraction of sp³-hybridized carbons (Fsp3) is 0.148. The lowest BCUT2D eigenvalue weighted by molar-refractivity contribution is -0.115. The third-order valence-electron chi connectivity index (χ3n) is 5.38. The van der Waals surface area contributed by atoms with Gasteiger partial charge in [0.1, 0.15) is 0 Å². The quantitative estimate of drug-likeness (QED) is 0.293. The number of carbonyl (C=O) groups is 2. The second kappa shape index (κ2) is 10.4. The van der Waals surface area contributed by atoms with Crippen molar-refractivity contribution in [3.05, 3.63) is 89.5 Å². The Labute approximate surface area is 203 Å². The minimum absolute atomic E-state index is 0.190. The number of benzene rings is 3. The molecule has 3 aromatic carbocycles. The molecule has 7 heteroatoms. The van der Waals surface area contributed by atoms with Crippen molar-refractivity contribution >= 4 is 29.3 Å². The lowest BCUT2D eigenvalue weighted by atomic mass is 10.0. The van der Waals surface area contributed by atoms with Crippen molar-refractivity contribution < 1.29 is 9.59 Å². The van der Waals surface area contributed by atoms with Crippen LogP contribution < -0.4 is 11.1 Å². The molecule has 4 aromatic rings. The van der Waals surface area contributed by atoms with Crippen molar-refractivity contribution in [1.29, 1.82) is 0 Å². The summed E-state index contributed by atoms with van der Waals surface area (Å²) in [7, 11) is 0. The molecule has 4 rings (SSSR count). The van der Waals surface area contributed by atoms with E-state index in [1.165, 1.54) is 22.9 Å². The van der Waals surface area contributed by atoms with E-state index in [1.54, 1.807) is 24.3 Å². The zero-order chi connectivity index (χ0) is 24.1. The van der Waals surface area contributed by atoms with E-state index in [0.717, 1.165) is 27.7 Å². The van der Waals surface area contributed by atoms with Crippen LogP contribution in [0.3, 0.4) is 0 Å². The summed E-state index contributed by atoms with van der Waals surface area (Å²) in [6.07, 6.45) is 0.262. The van der Waals surface area contributed by atoms with E-state index in [9.17, 15) is 9.59 Å². The van der Waals surface area contributed by atoms with Gasteiger partial charge >= 0.3 is 0 Å². The molecule has 0 aliphatic carbocycles. The van der Waals surface area contributed by atoms with Gasteiger partial charge in [0.05, 0.1) is 22.6 Å². The van der Waals surface area contributed by atoms with Gasteiger partial charge < -0.3 is 16.0 Å². The van der Waals surface area contributed by atoms with Gasteiger partial charge in [0.2, 0.25) is 5.91 Å². The predicted octanol–water partition coefficient (Wildman–Crippen LogP) is 5.58. The van der Waals surface area contributed by atoms with E-state index in [1.807, 2.05) is 0 Å². The van der Waals surface area contributed by atoms with Gasteiger partial charge in [-0.15, -0.1) is 0 Å². The summed E-state index contributed by atoms with van der Waals surface area (Å²) in [4.78, 5) is 32.3. The summed E-state index contributed by atoms with van der Waals surface area (Å²) in [5.74, 6) is -0.239. The number of anilines is 1. The van der Waals surface area contributed by atoms with Crippen molar-refractivity contribution in [1.82, 2.24) is 9.97 Å². The largest absolute Gasteiger partial charge is 0.366 e. The number of aromatic nitrogens is 2. The number of carbonyl (C=O) groups excluding carboxylic acids is 2. The van der Waals surface area contributed by atoms with E-state index in [4.69, 9.17) is 10.7 Å². The minimum atomic E-state index is -0.576. The standard InChI is InChI=1S/C27H26N4O2S/c1-17-7-11-19(12-8-17)24-25(20-13-9-18(2)10-14-20)31-27(30-24)34-16-15-23(32)29-22-6-4-3-5-21(22)26(28)33/h3-14H,15-16H2,1-2H3,(H2,28,33)(H,29,32)(H,30,31). The fourth-order valence-electron chi connectivity index (χ4n) is 3.53. The fourth-order valence-corrected chi connectivity index (χ4v) is 4.34. The number of amides is 2. The van der Waals surface area contributed by atoms with Crippen molar-refractivity contribution in [3.63, 3.8) is 0 Å². The lowest BCUT2D eigenvalue weighted by Gasteiger charge is -2.08. The molecule has 0 bridgehead atoms. The Morgan fingerprint density at radius 3 is 2.18 bits per heavy atom. The normalized spacial score (nSPS) is 10.8. The van der Waals surface area contributed by atoms with Crippen LogP contribution in [0.25, 0.3) is 22.5 Å². The van der Waals surface area contributed by atoms with E-state index in [0.29, 0.717) is 17.0 Å². The van der Waals surface area contributed by atoms with Gasteiger partial charge in [0.15, 0.2) is 5.16 Å². The van der Waals surface area contributed by atoms with Crippen LogP contribution in [0.2, 0.25) is 0 Å². The highest BCUT2D eigenvalue weighted by molar-refractivity contribution is 7.99. The molecule has 6 nitrogen and oxygen atoms in total. The maximum atomic E-state index is 12.4. The number of hydrogen-bond donors (Lipinski definition) is 3. The highest BCUT2D eigenvalue weighted by atomic mass is 32.2. The summed E-state index contributed by atoms with van der Waals surface area (Å²) in [5.41, 5.74) is 12.4. The number of aromatic amines is 1. The van der Waals surface area contributed by atoms with Crippen LogP contribution in [0.15, 0.2) is 78.0 Å². The SMILES string of the molecule is Cc1ccc(-c2nc(SCCC(=O)Nc3ccccc3C(N)=O)[nH]c2-c2ccc(C)cc2)cc1. The highest BCUT2D eigenvalue weighted by Crippen LogP contribution is 2.33. The summed E-state index contributed by atoms with van der Waals surface area (Å²) >= 11 is 1.48. The molecule has 1 aromatic heterocycles. The second-order valence-electron chi connectivity index (χ2n) is 8.05. The van der Waals surface area contributed by atoms with Crippen molar-refractivity contribution in [2.24, 2.45) is 5.73 Å². The first kappa shape index (κ1) is 23.3. The van der Waals surface area contributed by atoms with Gasteiger partial charge in [0, 0.05) is 23.3 Å². The van der Waals surface area contributed by atoms with Gasteiger partial charge in [-0.1, -0.05) is 83.6 Å². The zero-order valence-electron chi connectivity index (χ0n) is 19.1. The molecule has 172 valence electrons. The number of rotatable bonds is 8.